The molecule has 1 nitrogen and oxygen atoms in total. The number of hydrogen-bond acceptors (Lipinski definition) is 1. The first-order valence-corrected chi connectivity index (χ1v) is 2.79. The summed E-state index contributed by atoms with van der Waals surface area (Å²) in [5.74, 6) is 0.845. The second-order valence-corrected chi connectivity index (χ2v) is 1.81. The van der Waals surface area contributed by atoms with Crippen LogP contribution >= 0.6 is 12.4 Å². The molecule has 11 heavy (non-hydrogen) atoms. The average Bonchev–Trinajstić information content (AvgIpc) is 1.89. The molecule has 0 saturated carbocycles. The Morgan fingerprint density at radius 3 is 2.18 bits per heavy atom. The molecule has 0 amide bonds. The normalized spacial score (nSPS) is 7.36. The summed E-state index contributed by atoms with van der Waals surface area (Å²) in [6, 6.07) is 7.67. The Bertz CT molecular complexity index is 203. The van der Waals surface area contributed by atoms with E-state index < -0.39 is 0 Å². The van der Waals surface area contributed by atoms with E-state index in [0.717, 1.165) is 11.3 Å². The topological polar surface area (TPSA) is 9.23 Å². The van der Waals surface area contributed by atoms with Crippen LogP contribution in [0.3, 0.4) is 0 Å². The van der Waals surface area contributed by atoms with Gasteiger partial charge in [-0.05, 0) is 0 Å². The van der Waals surface area contributed by atoms with Gasteiger partial charge in [-0.15, -0.1) is 18.5 Å². The maximum Gasteiger partial charge on any atom is 0.0607 e. The Balaban J connectivity index is 0. The van der Waals surface area contributed by atoms with Crippen LogP contribution in [0.1, 0.15) is 5.56 Å². The molecule has 1 aromatic rings. The third-order valence-corrected chi connectivity index (χ3v) is 1.19. The first-order valence-electron chi connectivity index (χ1n) is 2.79. The van der Waals surface area contributed by atoms with E-state index >= 15 is 0 Å². The van der Waals surface area contributed by atoms with Crippen molar-refractivity contribution in [1.29, 1.82) is 0 Å². The van der Waals surface area contributed by atoms with Crippen LogP contribution in [0.4, 0.5) is 0 Å². The predicted octanol–water partition coefficient (Wildman–Crippen LogP) is 2.30. The van der Waals surface area contributed by atoms with E-state index in [1.165, 1.54) is 0 Å². The van der Waals surface area contributed by atoms with Crippen LogP contribution in [-0.2, 0) is 19.5 Å². The van der Waals surface area contributed by atoms with Gasteiger partial charge in [0.2, 0.25) is 0 Å². The Morgan fingerprint density at radius 1 is 1.27 bits per heavy atom. The maximum absolute atomic E-state index is 4.98. The van der Waals surface area contributed by atoms with Gasteiger partial charge in [-0.25, -0.2) is 0 Å². The summed E-state index contributed by atoms with van der Waals surface area (Å²) in [6.07, 6.45) is 0. The molecule has 1 rings (SSSR count). The van der Waals surface area contributed by atoms with Gasteiger partial charge >= 0.3 is 0 Å². The molecule has 0 unspecified atom stereocenters. The van der Waals surface area contributed by atoms with Crippen molar-refractivity contribution in [2.24, 2.45) is 0 Å². The first-order chi connectivity index (χ1) is 4.34. The Labute approximate surface area is 86.3 Å². The van der Waals surface area contributed by atoms with Crippen LogP contribution in [0.15, 0.2) is 24.3 Å². The second-order valence-electron chi connectivity index (χ2n) is 1.81. The molecule has 0 atom stereocenters. The number of halogens is 1. The van der Waals surface area contributed by atoms with Gasteiger partial charge < -0.3 is 4.74 Å². The fourth-order valence-electron chi connectivity index (χ4n) is 0.703. The van der Waals surface area contributed by atoms with E-state index in [-0.39, 0.29) is 31.9 Å². The monoisotopic (exact) mass is 221 g/mol. The van der Waals surface area contributed by atoms with Gasteiger partial charge in [0.1, 0.15) is 0 Å². The molecule has 0 radical (unpaired) electrons. The largest absolute Gasteiger partial charge is 0.554 e. The average molecular weight is 223 g/mol. The number of hydrogen-bond donors (Lipinski definition) is 0. The van der Waals surface area contributed by atoms with Crippen molar-refractivity contribution in [3.63, 3.8) is 0 Å². The van der Waals surface area contributed by atoms with E-state index in [4.69, 9.17) is 4.74 Å². The molecule has 58 valence electrons. The summed E-state index contributed by atoms with van der Waals surface area (Å²) in [5, 5.41) is 0. The SMILES string of the molecule is Cl.[CH2-]c1ccccc1OC.[Zn]. The number of ether oxygens (including phenoxy) is 1. The van der Waals surface area contributed by atoms with Gasteiger partial charge in [0, 0.05) is 25.2 Å². The fourth-order valence-corrected chi connectivity index (χ4v) is 0.703. The molecule has 1 aromatic carbocycles. The third-order valence-electron chi connectivity index (χ3n) is 1.19. The zero-order chi connectivity index (χ0) is 6.69. The molecule has 0 aliphatic heterocycles. The Morgan fingerprint density at radius 2 is 1.82 bits per heavy atom. The van der Waals surface area contributed by atoms with Gasteiger partial charge in [-0.1, -0.05) is 12.1 Å². The molecular formula is C8H10ClOZn-. The summed E-state index contributed by atoms with van der Waals surface area (Å²) in [7, 11) is 1.64. The summed E-state index contributed by atoms with van der Waals surface area (Å²) in [5.41, 5.74) is 0.931. The van der Waals surface area contributed by atoms with E-state index in [1.807, 2.05) is 24.3 Å². The summed E-state index contributed by atoms with van der Waals surface area (Å²) in [4.78, 5) is 0. The van der Waals surface area contributed by atoms with Gasteiger partial charge in [-0.2, -0.15) is 18.6 Å². The van der Waals surface area contributed by atoms with Gasteiger partial charge in [0.25, 0.3) is 0 Å². The molecule has 0 N–H and O–H groups in total. The molecule has 0 heterocycles. The summed E-state index contributed by atoms with van der Waals surface area (Å²) >= 11 is 0. The third kappa shape index (κ3) is 3.64. The quantitative estimate of drug-likeness (QED) is 0.524. The van der Waals surface area contributed by atoms with Crippen molar-refractivity contribution in [2.75, 3.05) is 7.11 Å². The smallest absolute Gasteiger partial charge is 0.0607 e. The van der Waals surface area contributed by atoms with E-state index in [0.29, 0.717) is 0 Å². The minimum atomic E-state index is 0. The zero-order valence-corrected chi connectivity index (χ0v) is 10.3. The van der Waals surface area contributed by atoms with Crippen LogP contribution in [-0.4, -0.2) is 7.11 Å². The molecule has 0 aliphatic carbocycles. The van der Waals surface area contributed by atoms with Crippen molar-refractivity contribution >= 4 is 12.4 Å². The van der Waals surface area contributed by atoms with Crippen LogP contribution in [0, 0.1) is 6.92 Å². The van der Waals surface area contributed by atoms with Crippen molar-refractivity contribution in [2.45, 2.75) is 0 Å². The van der Waals surface area contributed by atoms with Crippen LogP contribution in [0.25, 0.3) is 0 Å². The molecule has 0 saturated heterocycles. The second kappa shape index (κ2) is 6.51. The molecular weight excluding hydrogens is 213 g/mol. The molecule has 3 heteroatoms. The maximum atomic E-state index is 4.98. The number of rotatable bonds is 1. The first kappa shape index (κ1) is 13.4. The van der Waals surface area contributed by atoms with E-state index in [9.17, 15) is 0 Å². The molecule has 0 spiro atoms. The van der Waals surface area contributed by atoms with Gasteiger partial charge in [0.05, 0.1) is 7.11 Å². The predicted molar refractivity (Wildman–Crippen MR) is 44.7 cm³/mol. The van der Waals surface area contributed by atoms with Crippen molar-refractivity contribution < 1.29 is 24.2 Å². The number of para-hydroxylation sites is 1. The number of benzene rings is 1. The van der Waals surface area contributed by atoms with Crippen LogP contribution < -0.4 is 4.74 Å². The van der Waals surface area contributed by atoms with Crippen molar-refractivity contribution in [3.8, 4) is 5.75 Å². The molecule has 0 aromatic heterocycles. The number of methoxy groups -OCH3 is 1. The fraction of sp³-hybridized carbons (Fsp3) is 0.125. The molecule has 0 fully saturated rings. The van der Waals surface area contributed by atoms with Gasteiger partial charge in [0.15, 0.2) is 0 Å². The Kier molecular flexibility index (Phi) is 7.93. The van der Waals surface area contributed by atoms with Crippen LogP contribution in [0.2, 0.25) is 0 Å². The van der Waals surface area contributed by atoms with Crippen molar-refractivity contribution in [3.05, 3.63) is 36.8 Å². The molecule has 0 bridgehead atoms. The zero-order valence-electron chi connectivity index (χ0n) is 6.54. The van der Waals surface area contributed by atoms with Gasteiger partial charge in [-0.3, -0.25) is 0 Å². The Hall–Kier alpha value is -0.197. The standard InChI is InChI=1S/C8H9O.ClH.Zn/c1-7-5-3-4-6-8(7)9-2;;/h3-6H,1H2,2H3;1H;/q-1;;. The van der Waals surface area contributed by atoms with Crippen LogP contribution in [0.5, 0.6) is 5.75 Å². The molecule has 0 aliphatic rings. The minimum Gasteiger partial charge on any atom is -0.554 e. The van der Waals surface area contributed by atoms with Crippen molar-refractivity contribution in [1.82, 2.24) is 0 Å². The summed E-state index contributed by atoms with van der Waals surface area (Å²) < 4.78 is 4.98. The van der Waals surface area contributed by atoms with E-state index in [2.05, 4.69) is 6.92 Å². The minimum absolute atomic E-state index is 0. The van der Waals surface area contributed by atoms with E-state index in [1.54, 1.807) is 7.11 Å². The summed E-state index contributed by atoms with van der Waals surface area (Å²) in [6.45, 7) is 3.77.